The Morgan fingerprint density at radius 2 is 1.59 bits per heavy atom. The van der Waals surface area contributed by atoms with Gasteiger partial charge >= 0.3 is 5.97 Å². The Morgan fingerprint density at radius 1 is 0.838 bits per heavy atom. The van der Waals surface area contributed by atoms with Gasteiger partial charge in [0, 0.05) is 22.4 Å². The van der Waals surface area contributed by atoms with Crippen molar-refractivity contribution in [3.8, 4) is 11.3 Å². The van der Waals surface area contributed by atoms with E-state index in [0.29, 0.717) is 39.6 Å². The van der Waals surface area contributed by atoms with Crippen LogP contribution in [0.1, 0.15) is 39.0 Å². The molecule has 0 saturated heterocycles. The minimum Gasteiger partial charge on any atom is -0.465 e. The van der Waals surface area contributed by atoms with Crippen molar-refractivity contribution >= 4 is 35.1 Å². The summed E-state index contributed by atoms with van der Waals surface area (Å²) in [4.78, 5) is 38.9. The molecule has 0 radical (unpaired) electrons. The number of hydrogen-bond donors (Lipinski definition) is 0. The molecule has 2 heterocycles. The number of rotatable bonds is 6. The molecule has 0 aliphatic carbocycles. The number of carbonyl (C=O) groups is 3. The van der Waals surface area contributed by atoms with Crippen LogP contribution >= 0.6 is 0 Å². The van der Waals surface area contributed by atoms with E-state index in [9.17, 15) is 14.4 Å². The largest absolute Gasteiger partial charge is 0.465 e. The average molecular weight is 490 g/mol. The third kappa shape index (κ3) is 4.77. The molecule has 0 N–H and O–H groups in total. The van der Waals surface area contributed by atoms with Gasteiger partial charge in [0.05, 0.1) is 18.4 Å². The Hall–Kier alpha value is -4.97. The van der Waals surface area contributed by atoms with Crippen molar-refractivity contribution in [3.63, 3.8) is 0 Å². The van der Waals surface area contributed by atoms with Crippen molar-refractivity contribution in [1.29, 1.82) is 0 Å². The quantitative estimate of drug-likeness (QED) is 0.178. The monoisotopic (exact) mass is 489 g/mol. The molecule has 0 unspecified atom stereocenters. The van der Waals surface area contributed by atoms with Gasteiger partial charge in [-0.3, -0.25) is 14.5 Å². The molecule has 37 heavy (non-hydrogen) atoms. The zero-order valence-electron chi connectivity index (χ0n) is 20.3. The molecule has 5 rings (SSSR count). The SMILES string of the molecule is COC(=O)c1ccc(-c2ccc(/C=C3\C=C(c4ccccc4)N(c4cccc(C(C)=O)c4)C3=O)o2)cc1. The average Bonchev–Trinajstić information content (AvgIpc) is 3.53. The summed E-state index contributed by atoms with van der Waals surface area (Å²) < 4.78 is 10.7. The molecule has 6 nitrogen and oxygen atoms in total. The fraction of sp³-hybridized carbons (Fsp3) is 0.0645. The second-order valence-corrected chi connectivity index (χ2v) is 8.51. The molecule has 1 amide bonds. The van der Waals surface area contributed by atoms with Crippen LogP contribution < -0.4 is 4.90 Å². The van der Waals surface area contributed by atoms with E-state index >= 15 is 0 Å². The van der Waals surface area contributed by atoms with Crippen LogP contribution in [0.25, 0.3) is 23.1 Å². The maximum atomic E-state index is 13.6. The normalized spacial score (nSPS) is 14.1. The first-order chi connectivity index (χ1) is 17.9. The molecule has 6 heteroatoms. The Labute approximate surface area is 214 Å². The number of ether oxygens (including phenoxy) is 1. The molecular formula is C31H23NO5. The molecule has 1 aromatic heterocycles. The lowest BCUT2D eigenvalue weighted by molar-refractivity contribution is -0.113. The molecule has 0 fully saturated rings. The van der Waals surface area contributed by atoms with Crippen molar-refractivity contribution in [2.24, 2.45) is 0 Å². The zero-order valence-corrected chi connectivity index (χ0v) is 20.3. The third-order valence-corrected chi connectivity index (χ3v) is 6.08. The second kappa shape index (κ2) is 9.95. The molecule has 3 aromatic carbocycles. The predicted molar refractivity (Wildman–Crippen MR) is 142 cm³/mol. The molecule has 4 aromatic rings. The van der Waals surface area contributed by atoms with Crippen LogP contribution in [0.3, 0.4) is 0 Å². The zero-order chi connectivity index (χ0) is 25.9. The number of benzene rings is 3. The highest BCUT2D eigenvalue weighted by molar-refractivity contribution is 6.23. The lowest BCUT2D eigenvalue weighted by atomic mass is 10.1. The summed E-state index contributed by atoms with van der Waals surface area (Å²) in [6, 6.07) is 27.2. The standard InChI is InChI=1S/C31H23NO5/c1-20(33)24-9-6-10-26(17-24)32-28(21-7-4-3-5-8-21)19-25(30(32)34)18-27-15-16-29(37-27)22-11-13-23(14-12-22)31(35)36-2/h3-19H,1-2H3/b25-18+. The van der Waals surface area contributed by atoms with Gasteiger partial charge in [-0.15, -0.1) is 0 Å². The molecule has 0 bridgehead atoms. The van der Waals surface area contributed by atoms with E-state index in [4.69, 9.17) is 9.15 Å². The number of ketones is 1. The van der Waals surface area contributed by atoms with Crippen LogP contribution in [0.2, 0.25) is 0 Å². The summed E-state index contributed by atoms with van der Waals surface area (Å²) in [6.45, 7) is 1.50. The van der Waals surface area contributed by atoms with Crippen LogP contribution in [0, 0.1) is 0 Å². The Bertz CT molecular complexity index is 1560. The molecule has 1 aliphatic heterocycles. The number of esters is 1. The molecule has 0 saturated carbocycles. The molecular weight excluding hydrogens is 466 g/mol. The maximum absolute atomic E-state index is 13.6. The number of Topliss-reactive ketones (excluding diaryl/α,β-unsaturated/α-hetero) is 1. The van der Waals surface area contributed by atoms with Crippen molar-refractivity contribution in [2.45, 2.75) is 6.92 Å². The first-order valence-corrected chi connectivity index (χ1v) is 11.7. The number of carbonyl (C=O) groups excluding carboxylic acids is 3. The van der Waals surface area contributed by atoms with Crippen LogP contribution in [0.15, 0.2) is 107 Å². The minimum absolute atomic E-state index is 0.0720. The number of hydrogen-bond acceptors (Lipinski definition) is 5. The van der Waals surface area contributed by atoms with Gasteiger partial charge in [0.1, 0.15) is 11.5 Å². The molecule has 182 valence electrons. The Kier molecular flexibility index (Phi) is 6.39. The van der Waals surface area contributed by atoms with Crippen LogP contribution in [0.5, 0.6) is 0 Å². The van der Waals surface area contributed by atoms with E-state index in [-0.39, 0.29) is 11.7 Å². The summed E-state index contributed by atoms with van der Waals surface area (Å²) in [5.41, 5.74) is 4.42. The smallest absolute Gasteiger partial charge is 0.337 e. The lowest BCUT2D eigenvalue weighted by Crippen LogP contribution is -2.25. The van der Waals surface area contributed by atoms with Crippen LogP contribution in [0.4, 0.5) is 5.69 Å². The van der Waals surface area contributed by atoms with Gasteiger partial charge in [0.15, 0.2) is 5.78 Å². The summed E-state index contributed by atoms with van der Waals surface area (Å²) in [5, 5.41) is 0. The number of nitrogens with zero attached hydrogens (tertiary/aromatic N) is 1. The van der Waals surface area contributed by atoms with Crippen molar-refractivity contribution in [2.75, 3.05) is 12.0 Å². The molecule has 0 atom stereocenters. The lowest BCUT2D eigenvalue weighted by Gasteiger charge is -2.21. The first-order valence-electron chi connectivity index (χ1n) is 11.7. The highest BCUT2D eigenvalue weighted by atomic mass is 16.5. The fourth-order valence-corrected chi connectivity index (χ4v) is 4.18. The van der Waals surface area contributed by atoms with E-state index in [2.05, 4.69) is 0 Å². The van der Waals surface area contributed by atoms with E-state index in [1.807, 2.05) is 48.5 Å². The summed E-state index contributed by atoms with van der Waals surface area (Å²) in [7, 11) is 1.34. The minimum atomic E-state index is -0.407. The maximum Gasteiger partial charge on any atom is 0.337 e. The van der Waals surface area contributed by atoms with E-state index in [1.165, 1.54) is 14.0 Å². The summed E-state index contributed by atoms with van der Waals surface area (Å²) >= 11 is 0. The van der Waals surface area contributed by atoms with Crippen molar-refractivity contribution in [1.82, 2.24) is 0 Å². The topological polar surface area (TPSA) is 76.8 Å². The van der Waals surface area contributed by atoms with Crippen molar-refractivity contribution < 1.29 is 23.5 Å². The van der Waals surface area contributed by atoms with Crippen LogP contribution in [-0.4, -0.2) is 24.8 Å². The third-order valence-electron chi connectivity index (χ3n) is 6.08. The van der Waals surface area contributed by atoms with E-state index in [1.54, 1.807) is 59.5 Å². The second-order valence-electron chi connectivity index (χ2n) is 8.51. The van der Waals surface area contributed by atoms with E-state index in [0.717, 1.165) is 11.1 Å². The van der Waals surface area contributed by atoms with Gasteiger partial charge in [0.2, 0.25) is 0 Å². The molecule has 1 aliphatic rings. The van der Waals surface area contributed by atoms with E-state index < -0.39 is 5.97 Å². The van der Waals surface area contributed by atoms with Gasteiger partial charge in [-0.1, -0.05) is 54.6 Å². The predicted octanol–water partition coefficient (Wildman–Crippen LogP) is 6.41. The van der Waals surface area contributed by atoms with Gasteiger partial charge in [-0.2, -0.15) is 0 Å². The number of methoxy groups -OCH3 is 1. The highest BCUT2D eigenvalue weighted by Crippen LogP contribution is 2.36. The highest BCUT2D eigenvalue weighted by Gasteiger charge is 2.31. The van der Waals surface area contributed by atoms with Crippen LogP contribution in [-0.2, 0) is 9.53 Å². The number of anilines is 1. The summed E-state index contributed by atoms with van der Waals surface area (Å²) in [6.07, 6.45) is 3.53. The Balaban J connectivity index is 1.50. The van der Waals surface area contributed by atoms with Gasteiger partial charge in [-0.05, 0) is 61.0 Å². The summed E-state index contributed by atoms with van der Waals surface area (Å²) in [5.74, 6) is 0.415. The van der Waals surface area contributed by atoms with Gasteiger partial charge < -0.3 is 9.15 Å². The fourth-order valence-electron chi connectivity index (χ4n) is 4.18. The molecule has 0 spiro atoms. The van der Waals surface area contributed by atoms with Crippen molar-refractivity contribution in [3.05, 3.63) is 125 Å². The first kappa shape index (κ1) is 23.8. The van der Waals surface area contributed by atoms with Gasteiger partial charge in [0.25, 0.3) is 5.91 Å². The van der Waals surface area contributed by atoms with Gasteiger partial charge in [-0.25, -0.2) is 4.79 Å². The number of furan rings is 1. The Morgan fingerprint density at radius 3 is 2.30 bits per heavy atom. The number of amides is 1.